The van der Waals surface area contributed by atoms with Gasteiger partial charge in [-0.3, -0.25) is 4.79 Å². The first-order chi connectivity index (χ1) is 11.6. The maximum atomic E-state index is 12.5. The highest BCUT2D eigenvalue weighted by Crippen LogP contribution is 2.26. The van der Waals surface area contributed by atoms with E-state index in [1.807, 2.05) is 36.1 Å². The molecule has 4 heteroatoms. The molecule has 1 aliphatic heterocycles. The van der Waals surface area contributed by atoms with Gasteiger partial charge in [-0.1, -0.05) is 29.8 Å². The Morgan fingerprint density at radius 1 is 0.958 bits per heavy atom. The zero-order valence-electron chi connectivity index (χ0n) is 13.8. The van der Waals surface area contributed by atoms with E-state index in [-0.39, 0.29) is 11.5 Å². The van der Waals surface area contributed by atoms with Crippen LogP contribution in [0, 0.1) is 6.92 Å². The number of likely N-dealkylation sites (tertiary alicyclic amines) is 1. The number of aryl methyl sites for hydroxylation is 1. The predicted molar refractivity (Wildman–Crippen MR) is 93.3 cm³/mol. The molecule has 1 aliphatic rings. The third-order valence-electron chi connectivity index (χ3n) is 4.49. The highest BCUT2D eigenvalue weighted by molar-refractivity contribution is 5.97. The van der Waals surface area contributed by atoms with Crippen LogP contribution in [0.2, 0.25) is 0 Å². The van der Waals surface area contributed by atoms with Crippen molar-refractivity contribution in [2.75, 3.05) is 13.1 Å². The lowest BCUT2D eigenvalue weighted by molar-refractivity contribution is 0.0694. The highest BCUT2D eigenvalue weighted by atomic mass is 16.4. The molecular formula is C20H21NO3. The van der Waals surface area contributed by atoms with E-state index in [0.717, 1.165) is 37.1 Å². The summed E-state index contributed by atoms with van der Waals surface area (Å²) >= 11 is 0. The Balaban J connectivity index is 1.87. The number of benzene rings is 2. The van der Waals surface area contributed by atoms with Crippen molar-refractivity contribution in [1.82, 2.24) is 4.90 Å². The van der Waals surface area contributed by atoms with E-state index in [4.69, 9.17) is 0 Å². The topological polar surface area (TPSA) is 57.6 Å². The molecule has 0 aliphatic carbocycles. The molecule has 2 aromatic carbocycles. The van der Waals surface area contributed by atoms with Gasteiger partial charge < -0.3 is 10.0 Å². The fourth-order valence-corrected chi connectivity index (χ4v) is 3.16. The lowest BCUT2D eigenvalue weighted by atomic mass is 9.97. The summed E-state index contributed by atoms with van der Waals surface area (Å²) in [7, 11) is 0. The van der Waals surface area contributed by atoms with Gasteiger partial charge in [0.15, 0.2) is 0 Å². The van der Waals surface area contributed by atoms with Crippen LogP contribution in [0.3, 0.4) is 0 Å². The monoisotopic (exact) mass is 323 g/mol. The van der Waals surface area contributed by atoms with E-state index in [0.29, 0.717) is 11.1 Å². The molecule has 1 amide bonds. The van der Waals surface area contributed by atoms with Crippen LogP contribution in [0.15, 0.2) is 42.5 Å². The summed E-state index contributed by atoms with van der Waals surface area (Å²) in [5, 5.41) is 9.40. The molecule has 1 saturated heterocycles. The summed E-state index contributed by atoms with van der Waals surface area (Å²) in [5.74, 6) is -0.884. The molecule has 1 N–H and O–H groups in total. The fourth-order valence-electron chi connectivity index (χ4n) is 3.16. The summed E-state index contributed by atoms with van der Waals surface area (Å²) in [5.41, 5.74) is 3.33. The minimum absolute atomic E-state index is 0.0589. The molecule has 0 bridgehead atoms. The van der Waals surface area contributed by atoms with Gasteiger partial charge >= 0.3 is 5.97 Å². The third kappa shape index (κ3) is 3.32. The second-order valence-electron chi connectivity index (χ2n) is 6.28. The number of carboxylic acids is 1. The van der Waals surface area contributed by atoms with Crippen molar-refractivity contribution in [3.8, 4) is 11.1 Å². The van der Waals surface area contributed by atoms with E-state index >= 15 is 0 Å². The number of nitrogens with zero attached hydrogens (tertiary/aromatic N) is 1. The first kappa shape index (κ1) is 16.2. The quantitative estimate of drug-likeness (QED) is 0.929. The van der Waals surface area contributed by atoms with Gasteiger partial charge in [-0.25, -0.2) is 4.79 Å². The van der Waals surface area contributed by atoms with Crippen LogP contribution in [-0.4, -0.2) is 35.0 Å². The predicted octanol–water partition coefficient (Wildman–Crippen LogP) is 3.99. The number of aromatic carboxylic acids is 1. The lowest BCUT2D eigenvalue weighted by Crippen LogP contribution is -2.35. The van der Waals surface area contributed by atoms with Crippen LogP contribution < -0.4 is 0 Å². The smallest absolute Gasteiger partial charge is 0.336 e. The highest BCUT2D eigenvalue weighted by Gasteiger charge is 2.18. The average Bonchev–Trinajstić information content (AvgIpc) is 2.62. The summed E-state index contributed by atoms with van der Waals surface area (Å²) in [4.78, 5) is 25.9. The third-order valence-corrected chi connectivity index (χ3v) is 4.49. The Morgan fingerprint density at radius 3 is 2.25 bits per heavy atom. The second kappa shape index (κ2) is 6.87. The molecule has 0 saturated carbocycles. The maximum Gasteiger partial charge on any atom is 0.336 e. The molecule has 24 heavy (non-hydrogen) atoms. The molecule has 2 aromatic rings. The molecule has 0 spiro atoms. The van der Waals surface area contributed by atoms with Crippen LogP contribution in [0.25, 0.3) is 11.1 Å². The molecule has 124 valence electrons. The molecule has 0 radical (unpaired) electrons. The van der Waals surface area contributed by atoms with Crippen molar-refractivity contribution in [2.45, 2.75) is 26.2 Å². The number of rotatable bonds is 3. The number of hydrogen-bond acceptors (Lipinski definition) is 2. The van der Waals surface area contributed by atoms with Crippen LogP contribution in [-0.2, 0) is 0 Å². The Hall–Kier alpha value is -2.62. The molecule has 0 unspecified atom stereocenters. The van der Waals surface area contributed by atoms with Crippen molar-refractivity contribution < 1.29 is 14.7 Å². The first-order valence-corrected chi connectivity index (χ1v) is 8.30. The zero-order valence-corrected chi connectivity index (χ0v) is 13.8. The molecule has 1 heterocycles. The summed E-state index contributed by atoms with van der Waals surface area (Å²) in [6.07, 6.45) is 3.32. The Morgan fingerprint density at radius 2 is 1.62 bits per heavy atom. The minimum Gasteiger partial charge on any atom is -0.478 e. The second-order valence-corrected chi connectivity index (χ2v) is 6.28. The van der Waals surface area contributed by atoms with Gasteiger partial charge in [0.2, 0.25) is 0 Å². The summed E-state index contributed by atoms with van der Waals surface area (Å²) in [6, 6.07) is 12.6. The average molecular weight is 323 g/mol. The van der Waals surface area contributed by atoms with Crippen molar-refractivity contribution in [2.24, 2.45) is 0 Å². The molecule has 1 fully saturated rings. The van der Waals surface area contributed by atoms with Gasteiger partial charge in [0.05, 0.1) is 5.56 Å². The fraction of sp³-hybridized carbons (Fsp3) is 0.300. The van der Waals surface area contributed by atoms with Crippen molar-refractivity contribution in [1.29, 1.82) is 0 Å². The van der Waals surface area contributed by atoms with Gasteiger partial charge in [0, 0.05) is 18.7 Å². The lowest BCUT2D eigenvalue weighted by Gasteiger charge is -2.26. The van der Waals surface area contributed by atoms with Gasteiger partial charge in [-0.05, 0) is 55.5 Å². The number of carbonyl (C=O) groups is 2. The van der Waals surface area contributed by atoms with Crippen LogP contribution >= 0.6 is 0 Å². The minimum atomic E-state index is -0.942. The van der Waals surface area contributed by atoms with Gasteiger partial charge in [-0.2, -0.15) is 0 Å². The largest absolute Gasteiger partial charge is 0.478 e. The summed E-state index contributed by atoms with van der Waals surface area (Å²) < 4.78 is 0. The van der Waals surface area contributed by atoms with Gasteiger partial charge in [0.25, 0.3) is 5.91 Å². The van der Waals surface area contributed by atoms with E-state index in [1.54, 1.807) is 18.2 Å². The van der Waals surface area contributed by atoms with Crippen LogP contribution in [0.1, 0.15) is 45.5 Å². The number of hydrogen-bond donors (Lipinski definition) is 1. The Bertz CT molecular complexity index is 759. The number of piperidine rings is 1. The maximum absolute atomic E-state index is 12.5. The van der Waals surface area contributed by atoms with E-state index < -0.39 is 5.97 Å². The van der Waals surface area contributed by atoms with Gasteiger partial charge in [-0.15, -0.1) is 0 Å². The first-order valence-electron chi connectivity index (χ1n) is 8.30. The summed E-state index contributed by atoms with van der Waals surface area (Å²) in [6.45, 7) is 3.51. The zero-order chi connectivity index (χ0) is 17.1. The number of amides is 1. The number of carboxylic acid groups (broad SMARTS) is 1. The van der Waals surface area contributed by atoms with Crippen molar-refractivity contribution >= 4 is 11.9 Å². The van der Waals surface area contributed by atoms with E-state index in [2.05, 4.69) is 0 Å². The number of carbonyl (C=O) groups excluding carboxylic acids is 1. The molecule has 4 nitrogen and oxygen atoms in total. The molecular weight excluding hydrogens is 302 g/mol. The van der Waals surface area contributed by atoms with Gasteiger partial charge in [0.1, 0.15) is 0 Å². The van der Waals surface area contributed by atoms with Crippen molar-refractivity contribution in [3.05, 3.63) is 59.2 Å². The molecule has 0 atom stereocenters. The Kier molecular flexibility index (Phi) is 4.65. The normalized spacial score (nSPS) is 14.5. The Labute approximate surface area is 141 Å². The van der Waals surface area contributed by atoms with E-state index in [1.165, 1.54) is 6.42 Å². The van der Waals surface area contributed by atoms with Crippen molar-refractivity contribution in [3.63, 3.8) is 0 Å². The van der Waals surface area contributed by atoms with E-state index in [9.17, 15) is 14.7 Å². The van der Waals surface area contributed by atoms with Crippen LogP contribution in [0.4, 0.5) is 0 Å². The SMILES string of the molecule is Cc1ccc(-c2ccc(C(=O)N3CCCCC3)cc2)c(C(=O)O)c1. The molecule has 3 rings (SSSR count). The standard InChI is InChI=1S/C20H21NO3/c1-14-5-10-17(18(13-14)20(23)24)15-6-8-16(9-7-15)19(22)21-11-3-2-4-12-21/h5-10,13H,2-4,11-12H2,1H3,(H,23,24). The molecule has 0 aromatic heterocycles. The van der Waals surface area contributed by atoms with Crippen LogP contribution in [0.5, 0.6) is 0 Å².